The molecular formula is C15H14N4. The van der Waals surface area contributed by atoms with Crippen molar-refractivity contribution in [3.05, 3.63) is 60.7 Å². The Morgan fingerprint density at radius 1 is 1.00 bits per heavy atom. The average molecular weight is 250 g/mol. The standard InChI is InChI=1S/C15H14N4/c16-14-4-5-15(12-6-8-17-10-13(12)14)19-9-11-3-1-2-7-18-11/h1-8,10,19H,9,16H2. The Hall–Kier alpha value is -2.62. The summed E-state index contributed by atoms with van der Waals surface area (Å²) in [5.74, 6) is 0. The van der Waals surface area contributed by atoms with Crippen molar-refractivity contribution in [3.8, 4) is 0 Å². The molecule has 3 rings (SSSR count). The zero-order valence-corrected chi connectivity index (χ0v) is 10.4. The van der Waals surface area contributed by atoms with Crippen LogP contribution >= 0.6 is 0 Å². The third-order valence-electron chi connectivity index (χ3n) is 3.04. The van der Waals surface area contributed by atoms with Crippen LogP contribution in [0.2, 0.25) is 0 Å². The Morgan fingerprint density at radius 3 is 2.79 bits per heavy atom. The van der Waals surface area contributed by atoms with Crippen LogP contribution in [-0.2, 0) is 6.54 Å². The maximum atomic E-state index is 5.95. The number of nitrogen functional groups attached to an aromatic ring is 1. The summed E-state index contributed by atoms with van der Waals surface area (Å²) in [5, 5.41) is 5.43. The molecule has 0 spiro atoms. The molecular weight excluding hydrogens is 236 g/mol. The fraction of sp³-hybridized carbons (Fsp3) is 0.0667. The molecule has 1 aromatic carbocycles. The number of nitrogens with zero attached hydrogens (tertiary/aromatic N) is 2. The van der Waals surface area contributed by atoms with E-state index in [1.807, 2.05) is 36.4 Å². The van der Waals surface area contributed by atoms with E-state index in [-0.39, 0.29) is 0 Å². The van der Waals surface area contributed by atoms with E-state index >= 15 is 0 Å². The lowest BCUT2D eigenvalue weighted by Crippen LogP contribution is -2.02. The van der Waals surface area contributed by atoms with Gasteiger partial charge in [0, 0.05) is 40.7 Å². The number of hydrogen-bond acceptors (Lipinski definition) is 4. The van der Waals surface area contributed by atoms with E-state index in [1.165, 1.54) is 0 Å². The van der Waals surface area contributed by atoms with Crippen LogP contribution in [0.15, 0.2) is 55.0 Å². The number of rotatable bonds is 3. The van der Waals surface area contributed by atoms with E-state index in [9.17, 15) is 0 Å². The molecule has 0 saturated carbocycles. The quantitative estimate of drug-likeness (QED) is 0.702. The van der Waals surface area contributed by atoms with Crippen molar-refractivity contribution < 1.29 is 0 Å². The Labute approximate surface area is 111 Å². The van der Waals surface area contributed by atoms with Gasteiger partial charge in [0.25, 0.3) is 0 Å². The summed E-state index contributed by atoms with van der Waals surface area (Å²) in [6.07, 6.45) is 5.35. The minimum absolute atomic E-state index is 0.683. The van der Waals surface area contributed by atoms with Gasteiger partial charge in [-0.05, 0) is 30.3 Å². The second-order valence-electron chi connectivity index (χ2n) is 4.30. The van der Waals surface area contributed by atoms with Gasteiger partial charge in [-0.3, -0.25) is 9.97 Å². The van der Waals surface area contributed by atoms with Crippen LogP contribution in [0.25, 0.3) is 10.8 Å². The summed E-state index contributed by atoms with van der Waals surface area (Å²) in [7, 11) is 0. The highest BCUT2D eigenvalue weighted by Gasteiger charge is 2.03. The van der Waals surface area contributed by atoms with E-state index in [1.54, 1.807) is 18.6 Å². The van der Waals surface area contributed by atoms with Gasteiger partial charge in [0.05, 0.1) is 12.2 Å². The third-order valence-corrected chi connectivity index (χ3v) is 3.04. The average Bonchev–Trinajstić information content (AvgIpc) is 2.48. The predicted octanol–water partition coefficient (Wildman–Crippen LogP) is 2.82. The van der Waals surface area contributed by atoms with Crippen LogP contribution < -0.4 is 11.1 Å². The van der Waals surface area contributed by atoms with Gasteiger partial charge < -0.3 is 11.1 Å². The van der Waals surface area contributed by atoms with Crippen molar-refractivity contribution in [2.24, 2.45) is 0 Å². The zero-order valence-electron chi connectivity index (χ0n) is 10.4. The van der Waals surface area contributed by atoms with Crippen LogP contribution in [0.5, 0.6) is 0 Å². The smallest absolute Gasteiger partial charge is 0.0594 e. The van der Waals surface area contributed by atoms with Crippen LogP contribution in [-0.4, -0.2) is 9.97 Å². The molecule has 0 radical (unpaired) electrons. The molecule has 94 valence electrons. The van der Waals surface area contributed by atoms with Gasteiger partial charge in [0.1, 0.15) is 0 Å². The highest BCUT2D eigenvalue weighted by molar-refractivity contribution is 6.00. The molecule has 2 heterocycles. The summed E-state index contributed by atoms with van der Waals surface area (Å²) >= 11 is 0. The Kier molecular flexibility index (Phi) is 2.98. The minimum Gasteiger partial charge on any atom is -0.398 e. The fourth-order valence-corrected chi connectivity index (χ4v) is 2.05. The number of nitrogens with two attached hydrogens (primary N) is 1. The largest absolute Gasteiger partial charge is 0.398 e. The van der Waals surface area contributed by atoms with Crippen molar-refractivity contribution in [3.63, 3.8) is 0 Å². The molecule has 0 atom stereocenters. The molecule has 2 aromatic heterocycles. The van der Waals surface area contributed by atoms with E-state index in [0.29, 0.717) is 6.54 Å². The summed E-state index contributed by atoms with van der Waals surface area (Å²) in [6, 6.07) is 11.7. The maximum Gasteiger partial charge on any atom is 0.0594 e. The lowest BCUT2D eigenvalue weighted by atomic mass is 10.1. The van der Waals surface area contributed by atoms with Crippen LogP contribution in [0, 0.1) is 0 Å². The van der Waals surface area contributed by atoms with Gasteiger partial charge in [-0.15, -0.1) is 0 Å². The van der Waals surface area contributed by atoms with Gasteiger partial charge in [0.15, 0.2) is 0 Å². The van der Waals surface area contributed by atoms with E-state index in [2.05, 4.69) is 15.3 Å². The molecule has 0 fully saturated rings. The normalized spacial score (nSPS) is 10.5. The number of hydrogen-bond donors (Lipinski definition) is 2. The molecule has 3 aromatic rings. The first kappa shape index (κ1) is 11.5. The summed E-state index contributed by atoms with van der Waals surface area (Å²) in [4.78, 5) is 8.40. The number of benzene rings is 1. The molecule has 3 N–H and O–H groups in total. The topological polar surface area (TPSA) is 63.8 Å². The van der Waals surface area contributed by atoms with Gasteiger partial charge in [-0.1, -0.05) is 6.07 Å². The molecule has 0 unspecified atom stereocenters. The van der Waals surface area contributed by atoms with Gasteiger partial charge >= 0.3 is 0 Å². The Bertz CT molecular complexity index is 695. The Morgan fingerprint density at radius 2 is 1.95 bits per heavy atom. The molecule has 19 heavy (non-hydrogen) atoms. The molecule has 0 aliphatic carbocycles. The molecule has 0 aliphatic rings. The van der Waals surface area contributed by atoms with E-state index in [0.717, 1.165) is 27.8 Å². The number of pyridine rings is 2. The van der Waals surface area contributed by atoms with E-state index < -0.39 is 0 Å². The van der Waals surface area contributed by atoms with Crippen LogP contribution in [0.3, 0.4) is 0 Å². The van der Waals surface area contributed by atoms with Crippen LogP contribution in [0.1, 0.15) is 5.69 Å². The first-order valence-corrected chi connectivity index (χ1v) is 6.10. The number of nitrogens with one attached hydrogen (secondary N) is 1. The summed E-state index contributed by atoms with van der Waals surface area (Å²) in [5.41, 5.74) is 8.73. The molecule has 0 bridgehead atoms. The maximum absolute atomic E-state index is 5.95. The van der Waals surface area contributed by atoms with Gasteiger partial charge in [-0.2, -0.15) is 0 Å². The number of anilines is 2. The lowest BCUT2D eigenvalue weighted by Gasteiger charge is -2.10. The second-order valence-corrected chi connectivity index (χ2v) is 4.30. The van der Waals surface area contributed by atoms with Crippen LogP contribution in [0.4, 0.5) is 11.4 Å². The molecule has 4 nitrogen and oxygen atoms in total. The van der Waals surface area contributed by atoms with Gasteiger partial charge in [-0.25, -0.2) is 0 Å². The zero-order chi connectivity index (χ0) is 13.1. The lowest BCUT2D eigenvalue weighted by molar-refractivity contribution is 1.05. The third kappa shape index (κ3) is 2.33. The second kappa shape index (κ2) is 4.94. The van der Waals surface area contributed by atoms with Gasteiger partial charge in [0.2, 0.25) is 0 Å². The fourth-order valence-electron chi connectivity index (χ4n) is 2.05. The molecule has 0 aliphatic heterocycles. The van der Waals surface area contributed by atoms with Crippen molar-refractivity contribution >= 4 is 22.1 Å². The van der Waals surface area contributed by atoms with Crippen molar-refractivity contribution in [1.29, 1.82) is 0 Å². The summed E-state index contributed by atoms with van der Waals surface area (Å²) in [6.45, 7) is 0.683. The van der Waals surface area contributed by atoms with Crippen molar-refractivity contribution in [1.82, 2.24) is 9.97 Å². The number of aromatic nitrogens is 2. The molecule has 0 amide bonds. The highest BCUT2D eigenvalue weighted by atomic mass is 14.9. The molecule has 4 heteroatoms. The SMILES string of the molecule is Nc1ccc(NCc2ccccn2)c2ccncc12. The minimum atomic E-state index is 0.683. The van der Waals surface area contributed by atoms with E-state index in [4.69, 9.17) is 5.73 Å². The molecule has 0 saturated heterocycles. The van der Waals surface area contributed by atoms with Crippen molar-refractivity contribution in [2.45, 2.75) is 6.54 Å². The predicted molar refractivity (Wildman–Crippen MR) is 77.7 cm³/mol. The summed E-state index contributed by atoms with van der Waals surface area (Å²) < 4.78 is 0. The van der Waals surface area contributed by atoms with Crippen molar-refractivity contribution in [2.75, 3.05) is 11.1 Å². The monoisotopic (exact) mass is 250 g/mol. The highest BCUT2D eigenvalue weighted by Crippen LogP contribution is 2.27. The Balaban J connectivity index is 1.91. The first-order valence-electron chi connectivity index (χ1n) is 6.10. The number of fused-ring (bicyclic) bond motifs is 1. The first-order chi connectivity index (χ1) is 9.34.